The number of nitrogens with zero attached hydrogens (tertiary/aromatic N) is 2. The van der Waals surface area contributed by atoms with E-state index in [1.807, 2.05) is 39.0 Å². The fraction of sp³-hybridized carbons (Fsp3) is 0.524. The molecule has 1 fully saturated rings. The lowest BCUT2D eigenvalue weighted by molar-refractivity contribution is 0.0205. The van der Waals surface area contributed by atoms with Gasteiger partial charge in [0.05, 0.1) is 10.7 Å². The van der Waals surface area contributed by atoms with E-state index in [1.54, 1.807) is 16.2 Å². The third kappa shape index (κ3) is 4.24. The highest BCUT2D eigenvalue weighted by Crippen LogP contribution is 2.37. The summed E-state index contributed by atoms with van der Waals surface area (Å²) in [5.74, 6) is 1.96. The number of aromatic nitrogens is 1. The molecule has 2 aliphatic rings. The fourth-order valence-electron chi connectivity index (χ4n) is 3.45. The predicted molar refractivity (Wildman–Crippen MR) is 108 cm³/mol. The number of likely N-dealkylation sites (tertiary alicyclic amines) is 1. The summed E-state index contributed by atoms with van der Waals surface area (Å²) in [6.45, 7) is 8.27. The molecule has 0 N–H and O–H groups in total. The number of rotatable bonds is 2. The Morgan fingerprint density at radius 1 is 1.18 bits per heavy atom. The second-order valence-electron chi connectivity index (χ2n) is 8.17. The van der Waals surface area contributed by atoms with Crippen molar-refractivity contribution in [3.63, 3.8) is 0 Å². The van der Waals surface area contributed by atoms with Crippen LogP contribution in [0.15, 0.2) is 23.6 Å². The van der Waals surface area contributed by atoms with Crippen LogP contribution < -0.4 is 9.47 Å². The van der Waals surface area contributed by atoms with E-state index in [9.17, 15) is 4.79 Å². The fourth-order valence-corrected chi connectivity index (χ4v) is 4.45. The lowest BCUT2D eigenvalue weighted by Gasteiger charge is -2.32. The number of benzene rings is 1. The Bertz CT molecular complexity index is 850. The van der Waals surface area contributed by atoms with E-state index in [0.717, 1.165) is 40.6 Å². The van der Waals surface area contributed by atoms with Crippen molar-refractivity contribution in [2.75, 3.05) is 26.3 Å². The van der Waals surface area contributed by atoms with Crippen LogP contribution in [0, 0.1) is 0 Å². The summed E-state index contributed by atoms with van der Waals surface area (Å²) in [5, 5.41) is 3.23. The number of amides is 1. The molecule has 0 spiro atoms. The van der Waals surface area contributed by atoms with Gasteiger partial charge in [0.2, 0.25) is 0 Å². The van der Waals surface area contributed by atoms with Crippen LogP contribution in [-0.2, 0) is 4.74 Å². The average Bonchev–Trinajstić information content (AvgIpc) is 3.16. The van der Waals surface area contributed by atoms with E-state index in [1.165, 1.54) is 0 Å². The van der Waals surface area contributed by atoms with Crippen LogP contribution in [0.5, 0.6) is 11.5 Å². The van der Waals surface area contributed by atoms with Crippen molar-refractivity contribution in [2.45, 2.75) is 45.1 Å². The first-order chi connectivity index (χ1) is 13.4. The molecule has 0 bridgehead atoms. The molecule has 28 heavy (non-hydrogen) atoms. The molecule has 0 radical (unpaired) electrons. The zero-order valence-electron chi connectivity index (χ0n) is 16.6. The van der Waals surface area contributed by atoms with Gasteiger partial charge in [0.25, 0.3) is 0 Å². The lowest BCUT2D eigenvalue weighted by Crippen LogP contribution is -2.41. The van der Waals surface area contributed by atoms with Gasteiger partial charge in [-0.3, -0.25) is 0 Å². The van der Waals surface area contributed by atoms with Gasteiger partial charge in [-0.05, 0) is 51.8 Å². The predicted octanol–water partition coefficient (Wildman–Crippen LogP) is 4.70. The molecular weight excluding hydrogens is 376 g/mol. The Morgan fingerprint density at radius 3 is 2.61 bits per heavy atom. The van der Waals surface area contributed by atoms with Crippen molar-refractivity contribution >= 4 is 17.4 Å². The molecule has 0 aliphatic carbocycles. The van der Waals surface area contributed by atoms with E-state index < -0.39 is 5.60 Å². The van der Waals surface area contributed by atoms with Crippen molar-refractivity contribution in [2.24, 2.45) is 0 Å². The first-order valence-corrected chi connectivity index (χ1v) is 10.6. The molecule has 4 rings (SSSR count). The number of hydrogen-bond acceptors (Lipinski definition) is 6. The molecule has 0 unspecified atom stereocenters. The normalized spacial score (nSPS) is 17.5. The second-order valence-corrected chi connectivity index (χ2v) is 9.06. The van der Waals surface area contributed by atoms with Gasteiger partial charge in [0, 0.05) is 30.0 Å². The molecule has 2 aliphatic heterocycles. The minimum Gasteiger partial charge on any atom is -0.486 e. The maximum absolute atomic E-state index is 12.2. The Morgan fingerprint density at radius 2 is 1.89 bits per heavy atom. The van der Waals surface area contributed by atoms with Crippen LogP contribution in [0.25, 0.3) is 11.3 Å². The van der Waals surface area contributed by atoms with Gasteiger partial charge < -0.3 is 19.1 Å². The third-order valence-electron chi connectivity index (χ3n) is 4.86. The van der Waals surface area contributed by atoms with E-state index in [2.05, 4.69) is 5.38 Å². The summed E-state index contributed by atoms with van der Waals surface area (Å²) in [4.78, 5) is 18.9. The summed E-state index contributed by atoms with van der Waals surface area (Å²) in [6.07, 6.45) is 1.60. The highest BCUT2D eigenvalue weighted by Gasteiger charge is 2.28. The van der Waals surface area contributed by atoms with E-state index in [4.69, 9.17) is 19.2 Å². The lowest BCUT2D eigenvalue weighted by atomic mass is 9.98. The van der Waals surface area contributed by atoms with E-state index in [-0.39, 0.29) is 6.09 Å². The zero-order chi connectivity index (χ0) is 19.7. The monoisotopic (exact) mass is 402 g/mol. The molecular formula is C21H26N2O4S. The molecule has 1 aromatic heterocycles. The Balaban J connectivity index is 1.40. The Hall–Kier alpha value is -2.28. The summed E-state index contributed by atoms with van der Waals surface area (Å²) in [5.41, 5.74) is 1.55. The number of thiazole rings is 1. The van der Waals surface area contributed by atoms with Gasteiger partial charge in [0.1, 0.15) is 18.8 Å². The SMILES string of the molecule is CC(C)(C)OC(=O)N1CCC(c2nc(-c3ccc4c(c3)OCCO4)cs2)CC1. The second kappa shape index (κ2) is 7.62. The Labute approximate surface area is 169 Å². The van der Waals surface area contributed by atoms with Crippen LogP contribution in [0.3, 0.4) is 0 Å². The molecule has 0 saturated carbocycles. The average molecular weight is 403 g/mol. The molecule has 7 heteroatoms. The van der Waals surface area contributed by atoms with E-state index in [0.29, 0.717) is 32.2 Å². The van der Waals surface area contributed by atoms with E-state index >= 15 is 0 Å². The zero-order valence-corrected chi connectivity index (χ0v) is 17.4. The van der Waals surface area contributed by atoms with Crippen molar-refractivity contribution in [3.8, 4) is 22.8 Å². The molecule has 3 heterocycles. The smallest absolute Gasteiger partial charge is 0.410 e. The van der Waals surface area contributed by atoms with Crippen molar-refractivity contribution in [1.82, 2.24) is 9.88 Å². The summed E-state index contributed by atoms with van der Waals surface area (Å²) in [6, 6.07) is 5.97. The van der Waals surface area contributed by atoms with Gasteiger partial charge in [-0.2, -0.15) is 0 Å². The number of fused-ring (bicyclic) bond motifs is 1. The molecule has 1 amide bonds. The molecule has 6 nitrogen and oxygen atoms in total. The minimum atomic E-state index is -0.457. The number of carbonyl (C=O) groups excluding carboxylic acids is 1. The minimum absolute atomic E-state index is 0.220. The summed E-state index contributed by atoms with van der Waals surface area (Å²) < 4.78 is 16.7. The van der Waals surface area contributed by atoms with Crippen LogP contribution >= 0.6 is 11.3 Å². The molecule has 1 aromatic carbocycles. The number of hydrogen-bond donors (Lipinski definition) is 0. The number of carbonyl (C=O) groups is 1. The van der Waals surface area contributed by atoms with Gasteiger partial charge in [0.15, 0.2) is 11.5 Å². The van der Waals surface area contributed by atoms with Crippen molar-refractivity contribution < 1.29 is 19.0 Å². The van der Waals surface area contributed by atoms with Crippen LogP contribution in [0.2, 0.25) is 0 Å². The molecule has 2 aromatic rings. The summed E-state index contributed by atoms with van der Waals surface area (Å²) in [7, 11) is 0. The highest BCUT2D eigenvalue weighted by atomic mass is 32.1. The largest absolute Gasteiger partial charge is 0.486 e. The first kappa shape index (κ1) is 19.1. The third-order valence-corrected chi connectivity index (χ3v) is 5.86. The standard InChI is InChI=1S/C21H26N2O4S/c1-21(2,3)27-20(24)23-8-6-14(7-9-23)19-22-16(13-28-19)15-4-5-17-18(12-15)26-11-10-25-17/h4-5,12-14H,6-11H2,1-3H3. The van der Waals surface area contributed by atoms with Gasteiger partial charge in [-0.1, -0.05) is 0 Å². The van der Waals surface area contributed by atoms with Crippen LogP contribution in [0.1, 0.15) is 44.5 Å². The van der Waals surface area contributed by atoms with Gasteiger partial charge in [-0.25, -0.2) is 9.78 Å². The van der Waals surface area contributed by atoms with Crippen molar-refractivity contribution in [1.29, 1.82) is 0 Å². The molecule has 1 saturated heterocycles. The summed E-state index contributed by atoms with van der Waals surface area (Å²) >= 11 is 1.69. The first-order valence-electron chi connectivity index (χ1n) is 9.72. The maximum Gasteiger partial charge on any atom is 0.410 e. The van der Waals surface area contributed by atoms with Crippen LogP contribution in [0.4, 0.5) is 4.79 Å². The number of ether oxygens (including phenoxy) is 3. The number of piperidine rings is 1. The van der Waals surface area contributed by atoms with Crippen LogP contribution in [-0.4, -0.2) is 47.9 Å². The quantitative estimate of drug-likeness (QED) is 0.729. The Kier molecular flexibility index (Phi) is 5.19. The van der Waals surface area contributed by atoms with Gasteiger partial charge in [-0.15, -0.1) is 11.3 Å². The topological polar surface area (TPSA) is 60.9 Å². The molecule has 0 atom stereocenters. The highest BCUT2D eigenvalue weighted by molar-refractivity contribution is 7.10. The van der Waals surface area contributed by atoms with Crippen molar-refractivity contribution in [3.05, 3.63) is 28.6 Å². The maximum atomic E-state index is 12.2. The molecule has 150 valence electrons. The van der Waals surface area contributed by atoms with Gasteiger partial charge >= 0.3 is 6.09 Å².